The third kappa shape index (κ3) is 6.23. The number of hydrogen-bond acceptors (Lipinski definition) is 4. The van der Waals surface area contributed by atoms with Gasteiger partial charge in [-0.25, -0.2) is 13.2 Å². The summed E-state index contributed by atoms with van der Waals surface area (Å²) in [6.07, 6.45) is 0. The first-order valence-electron chi connectivity index (χ1n) is 9.04. The molecule has 1 aliphatic heterocycles. The van der Waals surface area contributed by atoms with Gasteiger partial charge in [0.15, 0.2) is 0 Å². The summed E-state index contributed by atoms with van der Waals surface area (Å²) in [5.74, 6) is -2.09. The molecule has 1 saturated heterocycles. The maximum Gasteiger partial charge on any atom is 0.238 e. The molecule has 154 valence electrons. The molecule has 0 bridgehead atoms. The topological polar surface area (TPSA) is 52.7 Å². The smallest absolute Gasteiger partial charge is 0.238 e. The molecule has 2 amide bonds. The van der Waals surface area contributed by atoms with Crippen LogP contribution in [0.25, 0.3) is 0 Å². The summed E-state index contributed by atoms with van der Waals surface area (Å²) in [6.45, 7) is 2.11. The van der Waals surface area contributed by atoms with Crippen LogP contribution in [0.4, 0.5) is 18.9 Å². The van der Waals surface area contributed by atoms with Crippen molar-refractivity contribution in [3.63, 3.8) is 0 Å². The van der Waals surface area contributed by atoms with Gasteiger partial charge in [-0.15, -0.1) is 11.8 Å². The molecule has 0 radical (unpaired) electrons. The predicted octanol–water partition coefficient (Wildman–Crippen LogP) is 2.98. The molecule has 0 aromatic heterocycles. The van der Waals surface area contributed by atoms with E-state index in [2.05, 4.69) is 5.32 Å². The van der Waals surface area contributed by atoms with Crippen molar-refractivity contribution in [2.75, 3.05) is 43.8 Å². The van der Waals surface area contributed by atoms with Gasteiger partial charge in [-0.05, 0) is 30.3 Å². The number of rotatable bonds is 6. The second kappa shape index (κ2) is 9.80. The molecule has 0 saturated carbocycles. The third-order valence-corrected chi connectivity index (χ3v) is 5.48. The van der Waals surface area contributed by atoms with Crippen LogP contribution in [0.2, 0.25) is 0 Å². The Balaban J connectivity index is 1.41. The van der Waals surface area contributed by atoms with Crippen LogP contribution >= 0.6 is 11.8 Å². The lowest BCUT2D eigenvalue weighted by Gasteiger charge is -2.34. The van der Waals surface area contributed by atoms with Crippen LogP contribution in [0, 0.1) is 17.5 Å². The number of nitrogens with one attached hydrogen (secondary N) is 1. The number of amides is 2. The Kier molecular flexibility index (Phi) is 7.16. The van der Waals surface area contributed by atoms with E-state index in [1.165, 1.54) is 24.3 Å². The second-order valence-electron chi connectivity index (χ2n) is 6.58. The van der Waals surface area contributed by atoms with Crippen molar-refractivity contribution >= 4 is 29.3 Å². The van der Waals surface area contributed by atoms with E-state index < -0.39 is 17.5 Å². The molecule has 29 heavy (non-hydrogen) atoms. The van der Waals surface area contributed by atoms with Crippen LogP contribution < -0.4 is 5.32 Å². The maximum absolute atomic E-state index is 13.6. The number of nitrogens with zero attached hydrogens (tertiary/aromatic N) is 2. The summed E-state index contributed by atoms with van der Waals surface area (Å²) in [4.78, 5) is 28.2. The fourth-order valence-corrected chi connectivity index (χ4v) is 3.77. The van der Waals surface area contributed by atoms with Crippen LogP contribution in [0.3, 0.4) is 0 Å². The molecule has 1 heterocycles. The Labute approximate surface area is 170 Å². The minimum Gasteiger partial charge on any atom is -0.339 e. The number of halogens is 3. The highest BCUT2D eigenvalue weighted by atomic mass is 32.2. The molecular formula is C20H20F3N3O2S. The van der Waals surface area contributed by atoms with Gasteiger partial charge < -0.3 is 10.2 Å². The first kappa shape index (κ1) is 21.2. The van der Waals surface area contributed by atoms with Gasteiger partial charge in [-0.1, -0.05) is 6.07 Å². The van der Waals surface area contributed by atoms with Crippen molar-refractivity contribution in [2.45, 2.75) is 4.90 Å². The van der Waals surface area contributed by atoms with Gasteiger partial charge in [0.1, 0.15) is 17.5 Å². The van der Waals surface area contributed by atoms with Gasteiger partial charge in [0.2, 0.25) is 11.8 Å². The number of hydrogen-bond donors (Lipinski definition) is 1. The lowest BCUT2D eigenvalue weighted by molar-refractivity contribution is -0.130. The molecule has 2 aromatic carbocycles. The van der Waals surface area contributed by atoms with Crippen LogP contribution in [0.15, 0.2) is 47.4 Å². The zero-order valence-electron chi connectivity index (χ0n) is 15.5. The molecule has 0 unspecified atom stereocenters. The highest BCUT2D eigenvalue weighted by Crippen LogP contribution is 2.23. The van der Waals surface area contributed by atoms with Crippen LogP contribution in [0.1, 0.15) is 0 Å². The van der Waals surface area contributed by atoms with Crippen molar-refractivity contribution in [1.29, 1.82) is 0 Å². The number of carbonyl (C=O) groups excluding carboxylic acids is 2. The Morgan fingerprint density at radius 2 is 1.69 bits per heavy atom. The van der Waals surface area contributed by atoms with Crippen molar-refractivity contribution < 1.29 is 22.8 Å². The Morgan fingerprint density at radius 3 is 2.38 bits per heavy atom. The molecule has 0 atom stereocenters. The monoisotopic (exact) mass is 423 g/mol. The molecule has 0 aliphatic carbocycles. The number of piperazine rings is 1. The Morgan fingerprint density at radius 1 is 0.966 bits per heavy atom. The molecule has 2 aromatic rings. The van der Waals surface area contributed by atoms with Crippen LogP contribution in [-0.4, -0.2) is 60.1 Å². The first-order valence-corrected chi connectivity index (χ1v) is 10.0. The normalized spacial score (nSPS) is 14.7. The number of thioether (sulfide) groups is 1. The van der Waals surface area contributed by atoms with E-state index in [-0.39, 0.29) is 29.0 Å². The van der Waals surface area contributed by atoms with Gasteiger partial charge >= 0.3 is 0 Å². The summed E-state index contributed by atoms with van der Waals surface area (Å²) < 4.78 is 39.7. The average Bonchev–Trinajstić information content (AvgIpc) is 2.67. The maximum atomic E-state index is 13.6. The fraction of sp³-hybridized carbons (Fsp3) is 0.300. The minimum atomic E-state index is -0.683. The lowest BCUT2D eigenvalue weighted by Crippen LogP contribution is -2.50. The molecule has 5 nitrogen and oxygen atoms in total. The van der Waals surface area contributed by atoms with Gasteiger partial charge in [-0.2, -0.15) is 0 Å². The highest BCUT2D eigenvalue weighted by Gasteiger charge is 2.22. The summed E-state index contributed by atoms with van der Waals surface area (Å²) >= 11 is 1.03. The van der Waals surface area contributed by atoms with Gasteiger partial charge in [-0.3, -0.25) is 14.5 Å². The van der Waals surface area contributed by atoms with Crippen molar-refractivity contribution in [1.82, 2.24) is 9.80 Å². The van der Waals surface area contributed by atoms with Crippen LogP contribution in [-0.2, 0) is 9.59 Å². The van der Waals surface area contributed by atoms with Crippen molar-refractivity contribution in [3.05, 3.63) is 59.9 Å². The van der Waals surface area contributed by atoms with Gasteiger partial charge in [0.05, 0.1) is 12.3 Å². The van der Waals surface area contributed by atoms with E-state index in [4.69, 9.17) is 0 Å². The average molecular weight is 423 g/mol. The van der Waals surface area contributed by atoms with E-state index in [0.29, 0.717) is 31.9 Å². The zero-order valence-corrected chi connectivity index (χ0v) is 16.4. The molecule has 0 spiro atoms. The number of carbonyl (C=O) groups is 2. The molecule has 1 aliphatic rings. The summed E-state index contributed by atoms with van der Waals surface area (Å²) in [7, 11) is 0. The van der Waals surface area contributed by atoms with Crippen molar-refractivity contribution in [3.8, 4) is 0 Å². The molecular weight excluding hydrogens is 403 g/mol. The number of benzene rings is 2. The molecule has 1 N–H and O–H groups in total. The quantitative estimate of drug-likeness (QED) is 0.726. The summed E-state index contributed by atoms with van der Waals surface area (Å²) in [6, 6.07) is 8.94. The minimum absolute atomic E-state index is 0.0581. The highest BCUT2D eigenvalue weighted by molar-refractivity contribution is 8.00. The number of anilines is 1. The van der Waals surface area contributed by atoms with Gasteiger partial charge in [0.25, 0.3) is 0 Å². The lowest BCUT2D eigenvalue weighted by atomic mass is 10.3. The Hall–Kier alpha value is -2.52. The van der Waals surface area contributed by atoms with E-state index >= 15 is 0 Å². The second-order valence-corrected chi connectivity index (χ2v) is 7.60. The first-order chi connectivity index (χ1) is 13.9. The fourth-order valence-electron chi connectivity index (χ4n) is 2.95. The molecule has 9 heteroatoms. The third-order valence-electron chi connectivity index (χ3n) is 4.45. The Bertz CT molecular complexity index is 889. The molecule has 1 fully saturated rings. The largest absolute Gasteiger partial charge is 0.339 e. The predicted molar refractivity (Wildman–Crippen MR) is 105 cm³/mol. The summed E-state index contributed by atoms with van der Waals surface area (Å²) in [5.41, 5.74) is 0.397. The van der Waals surface area contributed by atoms with E-state index in [1.54, 1.807) is 11.0 Å². The van der Waals surface area contributed by atoms with E-state index in [0.717, 1.165) is 23.9 Å². The molecule has 3 rings (SSSR count). The van der Waals surface area contributed by atoms with Gasteiger partial charge in [0, 0.05) is 42.8 Å². The summed E-state index contributed by atoms with van der Waals surface area (Å²) in [5, 5.41) is 2.65. The standard InChI is InChI=1S/C20H20F3N3O2S/c21-14-2-1-3-16(10-14)24-19(27)12-25-6-8-26(9-7-25)20(28)13-29-18-5-4-15(22)11-17(18)23/h1-5,10-11H,6-9,12-13H2,(H,24,27). The van der Waals surface area contributed by atoms with Crippen LogP contribution in [0.5, 0.6) is 0 Å². The SMILES string of the molecule is O=C(CN1CCN(C(=O)CSc2ccc(F)cc2F)CC1)Nc1cccc(F)c1. The van der Waals surface area contributed by atoms with Crippen molar-refractivity contribution in [2.24, 2.45) is 0 Å². The van der Waals surface area contributed by atoms with E-state index in [1.807, 2.05) is 4.90 Å². The van der Waals surface area contributed by atoms with E-state index in [9.17, 15) is 22.8 Å². The zero-order chi connectivity index (χ0) is 20.8.